The van der Waals surface area contributed by atoms with Crippen molar-refractivity contribution in [1.29, 1.82) is 0 Å². The van der Waals surface area contributed by atoms with Gasteiger partial charge in [-0.15, -0.1) is 0 Å². The Balaban J connectivity index is 1.62. The number of anilines is 1. The normalized spacial score (nSPS) is 11.2. The molecular weight excluding hydrogens is 697 g/mol. The maximum atomic E-state index is 13.7. The van der Waals surface area contributed by atoms with Crippen molar-refractivity contribution >= 4 is 35.6 Å². The zero-order chi connectivity index (χ0) is 38.9. The van der Waals surface area contributed by atoms with Crippen LogP contribution in [0.25, 0.3) is 11.1 Å². The van der Waals surface area contributed by atoms with Crippen molar-refractivity contribution in [3.8, 4) is 16.9 Å². The van der Waals surface area contributed by atoms with Crippen molar-refractivity contribution in [3.05, 3.63) is 119 Å². The molecule has 0 saturated carbocycles. The minimum absolute atomic E-state index is 0.0288. The molecule has 0 unspecified atom stereocenters. The SMILES string of the molecule is CCOC(=O)C(COC(=O)Oc1ccc(NC(=O)c2ccc(C)cc2-c2ccc(C(F)(F)F)cc2)c(C(=O)N(C)C)c1)(C(=O)OCC)c1ccccc1. The second kappa shape index (κ2) is 16.9. The van der Waals surface area contributed by atoms with Crippen LogP contribution in [-0.4, -0.2) is 68.7 Å². The molecule has 11 nitrogen and oxygen atoms in total. The van der Waals surface area contributed by atoms with Crippen molar-refractivity contribution in [2.45, 2.75) is 32.4 Å². The number of hydrogen-bond donors (Lipinski definition) is 1. The number of ether oxygens (including phenoxy) is 4. The number of benzene rings is 4. The molecule has 4 aromatic carbocycles. The van der Waals surface area contributed by atoms with Crippen molar-refractivity contribution in [3.63, 3.8) is 0 Å². The summed E-state index contributed by atoms with van der Waals surface area (Å²) in [4.78, 5) is 67.7. The van der Waals surface area contributed by atoms with Crippen LogP contribution >= 0.6 is 0 Å². The van der Waals surface area contributed by atoms with Crippen LogP contribution in [0.3, 0.4) is 0 Å². The number of halogens is 3. The van der Waals surface area contributed by atoms with E-state index in [1.54, 1.807) is 51.1 Å². The van der Waals surface area contributed by atoms with E-state index in [2.05, 4.69) is 5.32 Å². The average molecular weight is 735 g/mol. The van der Waals surface area contributed by atoms with E-state index in [0.717, 1.165) is 17.7 Å². The minimum atomic E-state index is -4.54. The quantitative estimate of drug-likeness (QED) is 0.0693. The van der Waals surface area contributed by atoms with Crippen LogP contribution in [0, 0.1) is 6.92 Å². The number of nitrogens with one attached hydrogen (secondary N) is 1. The number of amides is 2. The lowest BCUT2D eigenvalue weighted by molar-refractivity contribution is -0.167. The number of carbonyl (C=O) groups is 5. The summed E-state index contributed by atoms with van der Waals surface area (Å²) in [6.07, 6.45) is -5.87. The molecular formula is C39H37F3N2O9. The molecule has 1 N–H and O–H groups in total. The summed E-state index contributed by atoms with van der Waals surface area (Å²) in [6, 6.07) is 20.8. The van der Waals surface area contributed by atoms with Crippen LogP contribution < -0.4 is 10.1 Å². The van der Waals surface area contributed by atoms with Crippen LogP contribution in [0.4, 0.5) is 23.7 Å². The van der Waals surface area contributed by atoms with E-state index in [-0.39, 0.29) is 41.3 Å². The van der Waals surface area contributed by atoms with Crippen molar-refractivity contribution < 1.29 is 56.1 Å². The van der Waals surface area contributed by atoms with Gasteiger partial charge < -0.3 is 29.2 Å². The van der Waals surface area contributed by atoms with Crippen molar-refractivity contribution in [2.75, 3.05) is 39.2 Å². The third kappa shape index (κ3) is 9.19. The Bertz CT molecular complexity index is 1960. The van der Waals surface area contributed by atoms with Gasteiger partial charge in [0, 0.05) is 19.7 Å². The van der Waals surface area contributed by atoms with E-state index in [1.165, 1.54) is 67.5 Å². The van der Waals surface area contributed by atoms with Gasteiger partial charge in [-0.1, -0.05) is 60.2 Å². The van der Waals surface area contributed by atoms with E-state index in [1.807, 2.05) is 0 Å². The largest absolute Gasteiger partial charge is 0.513 e. The van der Waals surface area contributed by atoms with E-state index in [9.17, 15) is 37.1 Å². The smallest absolute Gasteiger partial charge is 0.465 e. The summed E-state index contributed by atoms with van der Waals surface area (Å²) in [5.41, 5.74) is -1.34. The highest BCUT2D eigenvalue weighted by Crippen LogP contribution is 2.34. The second-order valence-electron chi connectivity index (χ2n) is 11.8. The second-order valence-corrected chi connectivity index (χ2v) is 11.8. The van der Waals surface area contributed by atoms with Crippen molar-refractivity contribution in [2.24, 2.45) is 0 Å². The minimum Gasteiger partial charge on any atom is -0.465 e. The lowest BCUT2D eigenvalue weighted by Gasteiger charge is -2.28. The summed E-state index contributed by atoms with van der Waals surface area (Å²) in [5.74, 6) is -3.45. The van der Waals surface area contributed by atoms with Crippen LogP contribution in [0.5, 0.6) is 5.75 Å². The summed E-state index contributed by atoms with van der Waals surface area (Å²) in [5, 5.41) is 2.68. The van der Waals surface area contributed by atoms with Gasteiger partial charge in [-0.3, -0.25) is 19.2 Å². The molecule has 0 aromatic heterocycles. The van der Waals surface area contributed by atoms with E-state index in [0.29, 0.717) is 11.1 Å². The van der Waals surface area contributed by atoms with E-state index in [4.69, 9.17) is 18.9 Å². The first kappa shape index (κ1) is 39.6. The molecule has 4 aromatic rings. The van der Waals surface area contributed by atoms with Crippen LogP contribution in [0.15, 0.2) is 91.0 Å². The summed E-state index contributed by atoms with van der Waals surface area (Å²) >= 11 is 0. The van der Waals surface area contributed by atoms with Gasteiger partial charge in [0.2, 0.25) is 5.41 Å². The monoisotopic (exact) mass is 734 g/mol. The number of nitrogens with zero attached hydrogens (tertiary/aromatic N) is 1. The molecule has 0 saturated heterocycles. The Labute approximate surface area is 303 Å². The molecule has 4 rings (SSSR count). The molecule has 0 aliphatic heterocycles. The Morgan fingerprint density at radius 2 is 1.34 bits per heavy atom. The van der Waals surface area contributed by atoms with E-state index >= 15 is 0 Å². The molecule has 2 amide bonds. The fourth-order valence-electron chi connectivity index (χ4n) is 5.28. The van der Waals surface area contributed by atoms with Crippen LogP contribution in [-0.2, 0) is 35.4 Å². The summed E-state index contributed by atoms with van der Waals surface area (Å²) < 4.78 is 60.6. The highest BCUT2D eigenvalue weighted by molar-refractivity contribution is 6.12. The molecule has 278 valence electrons. The van der Waals surface area contributed by atoms with Gasteiger partial charge in [0.15, 0.2) is 0 Å². The molecule has 0 aliphatic carbocycles. The Kier molecular flexibility index (Phi) is 12.6. The molecule has 0 atom stereocenters. The lowest BCUT2D eigenvalue weighted by Crippen LogP contribution is -2.50. The van der Waals surface area contributed by atoms with E-state index < -0.39 is 53.7 Å². The van der Waals surface area contributed by atoms with Crippen LogP contribution in [0.2, 0.25) is 0 Å². The third-order valence-corrected chi connectivity index (χ3v) is 7.94. The molecule has 0 spiro atoms. The first-order chi connectivity index (χ1) is 25.1. The molecule has 0 heterocycles. The lowest BCUT2D eigenvalue weighted by atomic mass is 9.81. The predicted molar refractivity (Wildman–Crippen MR) is 187 cm³/mol. The number of carbonyl (C=O) groups excluding carboxylic acids is 5. The van der Waals surface area contributed by atoms with Crippen LogP contribution in [0.1, 0.15) is 51.3 Å². The molecule has 0 bridgehead atoms. The van der Waals surface area contributed by atoms with Gasteiger partial charge in [0.05, 0.1) is 30.0 Å². The molecule has 53 heavy (non-hydrogen) atoms. The zero-order valence-electron chi connectivity index (χ0n) is 29.5. The molecule has 14 heteroatoms. The number of alkyl halides is 3. The van der Waals surface area contributed by atoms with Gasteiger partial charge in [0.1, 0.15) is 12.4 Å². The highest BCUT2D eigenvalue weighted by atomic mass is 19.4. The summed E-state index contributed by atoms with van der Waals surface area (Å²) in [6.45, 7) is 3.86. The molecule has 0 aliphatic rings. The maximum Gasteiger partial charge on any atom is 0.513 e. The maximum absolute atomic E-state index is 13.7. The number of aryl methyl sites for hydroxylation is 1. The van der Waals surface area contributed by atoms with Gasteiger partial charge >= 0.3 is 24.3 Å². The van der Waals surface area contributed by atoms with Gasteiger partial charge in [-0.05, 0) is 73.9 Å². The Morgan fingerprint density at radius 1 is 0.717 bits per heavy atom. The predicted octanol–water partition coefficient (Wildman–Crippen LogP) is 7.21. The first-order valence-corrected chi connectivity index (χ1v) is 16.3. The molecule has 0 radical (unpaired) electrons. The van der Waals surface area contributed by atoms with Crippen molar-refractivity contribution in [1.82, 2.24) is 4.90 Å². The average Bonchev–Trinajstić information content (AvgIpc) is 3.12. The Hall–Kier alpha value is -6.18. The topological polar surface area (TPSA) is 138 Å². The number of hydrogen-bond acceptors (Lipinski definition) is 9. The number of esters is 2. The van der Waals surface area contributed by atoms with Gasteiger partial charge in [-0.2, -0.15) is 13.2 Å². The molecule has 0 fully saturated rings. The summed E-state index contributed by atoms with van der Waals surface area (Å²) in [7, 11) is 2.93. The fraction of sp³-hybridized carbons (Fsp3) is 0.256. The van der Waals surface area contributed by atoms with Gasteiger partial charge in [0.25, 0.3) is 11.8 Å². The third-order valence-electron chi connectivity index (χ3n) is 7.94. The van der Waals surface area contributed by atoms with Gasteiger partial charge in [-0.25, -0.2) is 4.79 Å². The first-order valence-electron chi connectivity index (χ1n) is 16.3. The highest BCUT2D eigenvalue weighted by Gasteiger charge is 2.52. The fourth-order valence-corrected chi connectivity index (χ4v) is 5.28. The number of rotatable bonds is 12. The Morgan fingerprint density at radius 3 is 1.91 bits per heavy atom. The zero-order valence-corrected chi connectivity index (χ0v) is 29.5. The standard InChI is InChI=1S/C39H37F3N2O9/c1-6-50-35(47)38(36(48)51-7-2,26-11-9-8-10-12-26)23-52-37(49)53-28-18-20-32(31(22-28)34(46)44(4)5)43-33(45)29-19-13-24(3)21-30(29)25-14-16-27(17-15-25)39(40,41)42/h8-22H,6-7,23H2,1-5H3,(H,43,45).